The SMILES string of the molecule is CCCc1nc2c(s1)CCC2CCN. The van der Waals surface area contributed by atoms with E-state index in [0.29, 0.717) is 5.92 Å². The van der Waals surface area contributed by atoms with Crippen molar-refractivity contribution in [3.63, 3.8) is 0 Å². The number of rotatable bonds is 4. The first-order valence-electron chi connectivity index (χ1n) is 5.53. The van der Waals surface area contributed by atoms with Gasteiger partial charge in [0.25, 0.3) is 0 Å². The minimum Gasteiger partial charge on any atom is -0.330 e. The van der Waals surface area contributed by atoms with Gasteiger partial charge in [-0.2, -0.15) is 0 Å². The lowest BCUT2D eigenvalue weighted by Crippen LogP contribution is -2.05. The lowest BCUT2D eigenvalue weighted by Gasteiger charge is -2.05. The van der Waals surface area contributed by atoms with Gasteiger partial charge in [-0.05, 0) is 38.6 Å². The Morgan fingerprint density at radius 3 is 3.14 bits per heavy atom. The summed E-state index contributed by atoms with van der Waals surface area (Å²) in [5.41, 5.74) is 6.99. The van der Waals surface area contributed by atoms with Crippen molar-refractivity contribution in [1.82, 2.24) is 4.98 Å². The average molecular weight is 210 g/mol. The molecule has 2 rings (SSSR count). The van der Waals surface area contributed by atoms with Crippen LogP contribution in [0.2, 0.25) is 0 Å². The first kappa shape index (κ1) is 10.1. The number of hydrogen-bond acceptors (Lipinski definition) is 3. The fourth-order valence-electron chi connectivity index (χ4n) is 2.16. The van der Waals surface area contributed by atoms with E-state index in [1.54, 1.807) is 0 Å². The highest BCUT2D eigenvalue weighted by atomic mass is 32.1. The van der Waals surface area contributed by atoms with Gasteiger partial charge in [0.05, 0.1) is 10.7 Å². The Morgan fingerprint density at radius 1 is 1.57 bits per heavy atom. The highest BCUT2D eigenvalue weighted by Gasteiger charge is 2.25. The number of nitrogens with zero attached hydrogens (tertiary/aromatic N) is 1. The van der Waals surface area contributed by atoms with E-state index >= 15 is 0 Å². The molecule has 78 valence electrons. The molecule has 1 aromatic rings. The van der Waals surface area contributed by atoms with Gasteiger partial charge < -0.3 is 5.73 Å². The van der Waals surface area contributed by atoms with E-state index in [1.165, 1.54) is 34.8 Å². The highest BCUT2D eigenvalue weighted by Crippen LogP contribution is 2.38. The fourth-order valence-corrected chi connectivity index (χ4v) is 3.43. The van der Waals surface area contributed by atoms with Gasteiger partial charge in [0.2, 0.25) is 0 Å². The minimum absolute atomic E-state index is 0.664. The second-order valence-electron chi connectivity index (χ2n) is 3.98. The maximum atomic E-state index is 5.61. The van der Waals surface area contributed by atoms with E-state index in [0.717, 1.165) is 19.4 Å². The molecule has 0 radical (unpaired) electrons. The molecule has 2 nitrogen and oxygen atoms in total. The third-order valence-corrected chi connectivity index (χ3v) is 4.05. The van der Waals surface area contributed by atoms with Gasteiger partial charge in [0.1, 0.15) is 0 Å². The lowest BCUT2D eigenvalue weighted by atomic mass is 10.0. The van der Waals surface area contributed by atoms with Gasteiger partial charge >= 0.3 is 0 Å². The molecule has 1 aromatic heterocycles. The van der Waals surface area contributed by atoms with Crippen LogP contribution in [0.3, 0.4) is 0 Å². The van der Waals surface area contributed by atoms with Crippen LogP contribution >= 0.6 is 11.3 Å². The molecule has 0 aliphatic heterocycles. The van der Waals surface area contributed by atoms with Crippen molar-refractivity contribution in [3.05, 3.63) is 15.6 Å². The molecule has 0 aromatic carbocycles. The molecule has 2 N–H and O–H groups in total. The topological polar surface area (TPSA) is 38.9 Å². The van der Waals surface area contributed by atoms with Crippen LogP contribution in [-0.4, -0.2) is 11.5 Å². The van der Waals surface area contributed by atoms with Crippen LogP contribution in [0.25, 0.3) is 0 Å². The fraction of sp³-hybridized carbons (Fsp3) is 0.727. The zero-order valence-corrected chi connectivity index (χ0v) is 9.57. The Labute approximate surface area is 89.5 Å². The molecule has 0 saturated heterocycles. The summed E-state index contributed by atoms with van der Waals surface area (Å²) in [4.78, 5) is 6.28. The summed E-state index contributed by atoms with van der Waals surface area (Å²) in [5.74, 6) is 0.664. The summed E-state index contributed by atoms with van der Waals surface area (Å²) in [7, 11) is 0. The number of aryl methyl sites for hydroxylation is 2. The molecule has 0 saturated carbocycles. The van der Waals surface area contributed by atoms with E-state index < -0.39 is 0 Å². The quantitative estimate of drug-likeness (QED) is 0.829. The summed E-state index contributed by atoms with van der Waals surface area (Å²) in [6.45, 7) is 3.01. The van der Waals surface area contributed by atoms with Crippen molar-refractivity contribution in [2.45, 2.75) is 44.9 Å². The summed E-state index contributed by atoms with van der Waals surface area (Å²) in [6.07, 6.45) is 5.97. The summed E-state index contributed by atoms with van der Waals surface area (Å²) in [5, 5.41) is 1.33. The molecule has 0 bridgehead atoms. The molecular formula is C11H18N2S. The molecule has 1 heterocycles. The largest absolute Gasteiger partial charge is 0.330 e. The van der Waals surface area contributed by atoms with Crippen LogP contribution in [-0.2, 0) is 12.8 Å². The number of hydrogen-bond donors (Lipinski definition) is 1. The standard InChI is InChI=1S/C11H18N2S/c1-2-3-10-13-11-8(6-7-12)4-5-9(11)14-10/h8H,2-7,12H2,1H3. The lowest BCUT2D eigenvalue weighted by molar-refractivity contribution is 0.613. The number of nitrogens with two attached hydrogens (primary N) is 1. The number of thiazole rings is 1. The third-order valence-electron chi connectivity index (χ3n) is 2.86. The van der Waals surface area contributed by atoms with E-state index in [-0.39, 0.29) is 0 Å². The van der Waals surface area contributed by atoms with Crippen LogP contribution in [0.4, 0.5) is 0 Å². The Balaban J connectivity index is 2.13. The molecule has 0 spiro atoms. The van der Waals surface area contributed by atoms with E-state index in [2.05, 4.69) is 6.92 Å². The normalized spacial score (nSPS) is 20.0. The monoisotopic (exact) mass is 210 g/mol. The maximum absolute atomic E-state index is 5.61. The highest BCUT2D eigenvalue weighted by molar-refractivity contribution is 7.11. The second kappa shape index (κ2) is 4.41. The summed E-state index contributed by atoms with van der Waals surface area (Å²) in [6, 6.07) is 0. The van der Waals surface area contributed by atoms with E-state index in [9.17, 15) is 0 Å². The molecule has 1 aliphatic rings. The summed E-state index contributed by atoms with van der Waals surface area (Å²) < 4.78 is 0. The van der Waals surface area contributed by atoms with Gasteiger partial charge in [0.15, 0.2) is 0 Å². The van der Waals surface area contributed by atoms with Gasteiger partial charge in [-0.3, -0.25) is 0 Å². The van der Waals surface area contributed by atoms with E-state index in [4.69, 9.17) is 10.7 Å². The Kier molecular flexibility index (Phi) is 3.19. The molecular weight excluding hydrogens is 192 g/mol. The van der Waals surface area contributed by atoms with E-state index in [1.807, 2.05) is 11.3 Å². The van der Waals surface area contributed by atoms with Crippen molar-refractivity contribution >= 4 is 11.3 Å². The van der Waals surface area contributed by atoms with Crippen LogP contribution in [0, 0.1) is 0 Å². The molecule has 1 unspecified atom stereocenters. The second-order valence-corrected chi connectivity index (χ2v) is 5.15. The third kappa shape index (κ3) is 1.84. The Bertz CT molecular complexity index is 306. The minimum atomic E-state index is 0.664. The number of aromatic nitrogens is 1. The molecule has 14 heavy (non-hydrogen) atoms. The van der Waals surface area contributed by atoms with Gasteiger partial charge in [-0.25, -0.2) is 4.98 Å². The molecule has 3 heteroatoms. The molecule has 0 fully saturated rings. The van der Waals surface area contributed by atoms with Gasteiger partial charge in [-0.1, -0.05) is 6.92 Å². The first-order chi connectivity index (χ1) is 6.85. The van der Waals surface area contributed by atoms with Gasteiger partial charge in [-0.15, -0.1) is 11.3 Å². The Hall–Kier alpha value is -0.410. The summed E-state index contributed by atoms with van der Waals surface area (Å²) >= 11 is 1.92. The van der Waals surface area contributed by atoms with Gasteiger partial charge in [0, 0.05) is 10.8 Å². The van der Waals surface area contributed by atoms with Crippen molar-refractivity contribution in [2.75, 3.05) is 6.54 Å². The Morgan fingerprint density at radius 2 is 2.43 bits per heavy atom. The number of fused-ring (bicyclic) bond motifs is 1. The van der Waals surface area contributed by atoms with Crippen molar-refractivity contribution in [1.29, 1.82) is 0 Å². The average Bonchev–Trinajstić information content (AvgIpc) is 2.69. The van der Waals surface area contributed by atoms with Crippen molar-refractivity contribution < 1.29 is 0 Å². The smallest absolute Gasteiger partial charge is 0.0931 e. The molecule has 0 amide bonds. The molecule has 1 atom stereocenters. The predicted molar refractivity (Wildman–Crippen MR) is 60.8 cm³/mol. The van der Waals surface area contributed by atoms with Crippen LogP contribution in [0.1, 0.15) is 47.7 Å². The first-order valence-corrected chi connectivity index (χ1v) is 6.35. The van der Waals surface area contributed by atoms with Crippen LogP contribution in [0.15, 0.2) is 0 Å². The van der Waals surface area contributed by atoms with Crippen LogP contribution < -0.4 is 5.73 Å². The van der Waals surface area contributed by atoms with Crippen molar-refractivity contribution in [3.8, 4) is 0 Å². The predicted octanol–water partition coefficient (Wildman–Crippen LogP) is 2.47. The zero-order chi connectivity index (χ0) is 9.97. The van der Waals surface area contributed by atoms with Crippen LogP contribution in [0.5, 0.6) is 0 Å². The van der Waals surface area contributed by atoms with Crippen molar-refractivity contribution in [2.24, 2.45) is 5.73 Å². The maximum Gasteiger partial charge on any atom is 0.0931 e. The molecule has 1 aliphatic carbocycles. The zero-order valence-electron chi connectivity index (χ0n) is 8.75.